The topological polar surface area (TPSA) is 58.6 Å². The highest BCUT2D eigenvalue weighted by molar-refractivity contribution is 5.92. The van der Waals surface area contributed by atoms with E-state index in [1.807, 2.05) is 72.8 Å². The van der Waals surface area contributed by atoms with Gasteiger partial charge >= 0.3 is 0 Å². The quantitative estimate of drug-likeness (QED) is 0.600. The Morgan fingerprint density at radius 2 is 1.48 bits per heavy atom. The van der Waals surface area contributed by atoms with E-state index in [1.165, 1.54) is 6.92 Å². The zero-order valence-corrected chi connectivity index (χ0v) is 16.4. The summed E-state index contributed by atoms with van der Waals surface area (Å²) in [5, 5.41) is 2.89. The van der Waals surface area contributed by atoms with Crippen LogP contribution < -0.4 is 10.1 Å². The van der Waals surface area contributed by atoms with Crippen molar-refractivity contribution in [1.29, 1.82) is 0 Å². The third kappa shape index (κ3) is 6.21. The molecule has 148 valence electrons. The smallest absolute Gasteiger partial charge is 0.226 e. The van der Waals surface area contributed by atoms with Crippen molar-refractivity contribution in [2.75, 3.05) is 11.9 Å². The Balaban J connectivity index is 1.59. The van der Waals surface area contributed by atoms with Gasteiger partial charge in [-0.2, -0.15) is 0 Å². The molecule has 0 atom stereocenters. The molecule has 0 saturated heterocycles. The van der Waals surface area contributed by atoms with Gasteiger partial charge in [0.25, 0.3) is 0 Å². The molecule has 0 heterocycles. The van der Waals surface area contributed by atoms with Crippen LogP contribution in [0.4, 0.5) is 5.69 Å². The summed E-state index contributed by atoms with van der Waals surface area (Å²) in [6, 6.07) is 26.4. The minimum absolute atomic E-state index is 0.0607. The van der Waals surface area contributed by atoms with Gasteiger partial charge in [0, 0.05) is 26.4 Å². The lowest BCUT2D eigenvalue weighted by molar-refractivity contribution is -0.129. The molecule has 0 aliphatic heterocycles. The molecule has 0 radical (unpaired) electrons. The van der Waals surface area contributed by atoms with Gasteiger partial charge in [0.15, 0.2) is 5.75 Å². The molecule has 0 aliphatic rings. The van der Waals surface area contributed by atoms with Crippen LogP contribution in [-0.2, 0) is 16.1 Å². The van der Waals surface area contributed by atoms with Crippen molar-refractivity contribution in [2.24, 2.45) is 0 Å². The summed E-state index contributed by atoms with van der Waals surface area (Å²) >= 11 is 0. The van der Waals surface area contributed by atoms with Crippen LogP contribution in [0.1, 0.15) is 18.9 Å². The molecule has 5 heteroatoms. The minimum Gasteiger partial charge on any atom is -0.455 e. The first kappa shape index (κ1) is 20.1. The normalized spacial score (nSPS) is 10.2. The average Bonchev–Trinajstić information content (AvgIpc) is 2.74. The highest BCUT2D eigenvalue weighted by Crippen LogP contribution is 2.29. The summed E-state index contributed by atoms with van der Waals surface area (Å²) < 4.78 is 5.87. The molecule has 3 aromatic rings. The molecule has 0 fully saturated rings. The number of carbonyl (C=O) groups is 2. The number of benzene rings is 3. The number of rotatable bonds is 8. The second kappa shape index (κ2) is 10.1. The second-order valence-electron chi connectivity index (χ2n) is 6.64. The molecule has 3 rings (SSSR count). The van der Waals surface area contributed by atoms with E-state index in [2.05, 4.69) is 5.32 Å². The zero-order valence-electron chi connectivity index (χ0n) is 16.4. The second-order valence-corrected chi connectivity index (χ2v) is 6.64. The lowest BCUT2D eigenvalue weighted by Crippen LogP contribution is -2.31. The summed E-state index contributed by atoms with van der Waals surface area (Å²) in [4.78, 5) is 26.1. The Morgan fingerprint density at radius 1 is 0.862 bits per heavy atom. The first-order chi connectivity index (χ1) is 14.1. The van der Waals surface area contributed by atoms with Gasteiger partial charge in [-0.05, 0) is 29.8 Å². The Morgan fingerprint density at radius 3 is 2.17 bits per heavy atom. The van der Waals surface area contributed by atoms with Gasteiger partial charge in [-0.3, -0.25) is 9.59 Å². The number of para-hydroxylation sites is 3. The maximum atomic E-state index is 12.5. The van der Waals surface area contributed by atoms with E-state index in [4.69, 9.17) is 4.74 Å². The third-order valence-electron chi connectivity index (χ3n) is 4.40. The lowest BCUT2D eigenvalue weighted by atomic mass is 10.2. The molecule has 0 aliphatic carbocycles. The summed E-state index contributed by atoms with van der Waals surface area (Å²) in [5.74, 6) is 1.03. The van der Waals surface area contributed by atoms with E-state index < -0.39 is 0 Å². The predicted octanol–water partition coefficient (Wildman–Crippen LogP) is 4.86. The van der Waals surface area contributed by atoms with Crippen LogP contribution in [0.5, 0.6) is 11.5 Å². The summed E-state index contributed by atoms with van der Waals surface area (Å²) in [7, 11) is 0. The molecule has 29 heavy (non-hydrogen) atoms. The third-order valence-corrected chi connectivity index (χ3v) is 4.40. The Labute approximate surface area is 170 Å². The van der Waals surface area contributed by atoms with Crippen molar-refractivity contribution in [3.8, 4) is 11.5 Å². The van der Waals surface area contributed by atoms with Crippen LogP contribution in [0, 0.1) is 0 Å². The van der Waals surface area contributed by atoms with Crippen LogP contribution in [0.15, 0.2) is 84.9 Å². The summed E-state index contributed by atoms with van der Waals surface area (Å²) in [5.41, 5.74) is 1.63. The van der Waals surface area contributed by atoms with Gasteiger partial charge in [-0.1, -0.05) is 60.7 Å². The first-order valence-electron chi connectivity index (χ1n) is 9.53. The summed E-state index contributed by atoms with van der Waals surface area (Å²) in [6.07, 6.45) is 0.200. The molecule has 0 bridgehead atoms. The standard InChI is InChI=1S/C24H24N2O3/c1-19(27)26(18-20-10-4-2-5-11-20)17-16-24(28)25-22-14-8-9-15-23(22)29-21-12-6-3-7-13-21/h2-15H,16-18H2,1H3,(H,25,28). The lowest BCUT2D eigenvalue weighted by Gasteiger charge is -2.21. The van der Waals surface area contributed by atoms with Crippen LogP contribution in [0.3, 0.4) is 0 Å². The largest absolute Gasteiger partial charge is 0.455 e. The molecule has 0 aromatic heterocycles. The van der Waals surface area contributed by atoms with E-state index >= 15 is 0 Å². The van der Waals surface area contributed by atoms with Crippen LogP contribution in [-0.4, -0.2) is 23.3 Å². The van der Waals surface area contributed by atoms with E-state index in [0.29, 0.717) is 30.3 Å². The monoisotopic (exact) mass is 388 g/mol. The molecule has 5 nitrogen and oxygen atoms in total. The molecule has 0 unspecified atom stereocenters. The van der Waals surface area contributed by atoms with Gasteiger partial charge in [0.2, 0.25) is 11.8 Å². The number of amides is 2. The highest BCUT2D eigenvalue weighted by Gasteiger charge is 2.13. The van der Waals surface area contributed by atoms with Crippen LogP contribution in [0.2, 0.25) is 0 Å². The molecular formula is C24H24N2O3. The number of hydrogen-bond donors (Lipinski definition) is 1. The van der Waals surface area contributed by atoms with Gasteiger partial charge < -0.3 is 15.0 Å². The number of ether oxygens (including phenoxy) is 1. The van der Waals surface area contributed by atoms with Crippen molar-refractivity contribution in [3.63, 3.8) is 0 Å². The summed E-state index contributed by atoms with van der Waals surface area (Å²) in [6.45, 7) is 2.35. The van der Waals surface area contributed by atoms with E-state index in [-0.39, 0.29) is 18.2 Å². The first-order valence-corrected chi connectivity index (χ1v) is 9.53. The Hall–Kier alpha value is -3.60. The maximum absolute atomic E-state index is 12.5. The number of nitrogens with zero attached hydrogens (tertiary/aromatic N) is 1. The highest BCUT2D eigenvalue weighted by atomic mass is 16.5. The van der Waals surface area contributed by atoms with Crippen LogP contribution >= 0.6 is 0 Å². The molecule has 2 amide bonds. The van der Waals surface area contributed by atoms with E-state index in [0.717, 1.165) is 5.56 Å². The van der Waals surface area contributed by atoms with Gasteiger partial charge in [0.1, 0.15) is 5.75 Å². The SMILES string of the molecule is CC(=O)N(CCC(=O)Nc1ccccc1Oc1ccccc1)Cc1ccccc1. The van der Waals surface area contributed by atoms with Crippen LogP contribution in [0.25, 0.3) is 0 Å². The van der Waals surface area contributed by atoms with E-state index in [9.17, 15) is 9.59 Å². The fraction of sp³-hybridized carbons (Fsp3) is 0.167. The molecular weight excluding hydrogens is 364 g/mol. The van der Waals surface area contributed by atoms with Gasteiger partial charge in [-0.25, -0.2) is 0 Å². The molecule has 3 aromatic carbocycles. The number of anilines is 1. The number of nitrogens with one attached hydrogen (secondary N) is 1. The Bertz CT molecular complexity index is 943. The van der Waals surface area contributed by atoms with Gasteiger partial charge in [-0.15, -0.1) is 0 Å². The number of hydrogen-bond acceptors (Lipinski definition) is 3. The minimum atomic E-state index is -0.173. The maximum Gasteiger partial charge on any atom is 0.226 e. The van der Waals surface area contributed by atoms with Crippen molar-refractivity contribution >= 4 is 17.5 Å². The Kier molecular flexibility index (Phi) is 7.00. The van der Waals surface area contributed by atoms with E-state index in [1.54, 1.807) is 17.0 Å². The van der Waals surface area contributed by atoms with Crippen molar-refractivity contribution in [1.82, 2.24) is 4.90 Å². The van der Waals surface area contributed by atoms with Crippen molar-refractivity contribution < 1.29 is 14.3 Å². The molecule has 1 N–H and O–H groups in total. The van der Waals surface area contributed by atoms with Gasteiger partial charge in [0.05, 0.1) is 5.69 Å². The van der Waals surface area contributed by atoms with Crippen molar-refractivity contribution in [3.05, 3.63) is 90.5 Å². The zero-order chi connectivity index (χ0) is 20.5. The molecule has 0 spiro atoms. The fourth-order valence-electron chi connectivity index (χ4n) is 2.88. The number of carbonyl (C=O) groups excluding carboxylic acids is 2. The predicted molar refractivity (Wildman–Crippen MR) is 114 cm³/mol. The molecule has 0 saturated carbocycles. The average molecular weight is 388 g/mol. The van der Waals surface area contributed by atoms with Crippen molar-refractivity contribution in [2.45, 2.75) is 19.9 Å². The fourth-order valence-corrected chi connectivity index (χ4v) is 2.88.